The van der Waals surface area contributed by atoms with Crippen LogP contribution in [0.5, 0.6) is 17.2 Å². The Morgan fingerprint density at radius 1 is 0.964 bits per heavy atom. The van der Waals surface area contributed by atoms with E-state index in [0.717, 1.165) is 42.2 Å². The van der Waals surface area contributed by atoms with Gasteiger partial charge in [-0.3, -0.25) is 0 Å². The van der Waals surface area contributed by atoms with Crippen molar-refractivity contribution in [3.05, 3.63) is 36.1 Å². The van der Waals surface area contributed by atoms with Crippen molar-refractivity contribution in [2.45, 2.75) is 19.3 Å². The number of piperidine rings is 1. The lowest BCUT2D eigenvalue weighted by atomic mass is 10.1. The van der Waals surface area contributed by atoms with Crippen LogP contribution in [0.2, 0.25) is 0 Å². The maximum absolute atomic E-state index is 14.0. The second kappa shape index (κ2) is 9.94. The summed E-state index contributed by atoms with van der Waals surface area (Å²) < 4.78 is 35.8. The molecule has 1 saturated heterocycles. The Hall–Kier alpha value is -2.04. The molecular formula is C21H27FNO4P. The molecule has 0 aliphatic carbocycles. The van der Waals surface area contributed by atoms with Crippen LogP contribution in [0.25, 0.3) is 0 Å². The summed E-state index contributed by atoms with van der Waals surface area (Å²) in [6, 6.07) is 8.75. The lowest BCUT2D eigenvalue weighted by Gasteiger charge is -2.31. The molecule has 0 N–H and O–H groups in total. The molecule has 1 atom stereocenters. The van der Waals surface area contributed by atoms with Gasteiger partial charge in [-0.15, -0.1) is 0 Å². The predicted octanol–water partition coefficient (Wildman–Crippen LogP) is 3.45. The highest BCUT2D eigenvalue weighted by Gasteiger charge is 2.19. The zero-order valence-corrected chi connectivity index (χ0v) is 17.6. The first-order valence-corrected chi connectivity index (χ1v) is 10.4. The molecule has 1 aliphatic heterocycles. The van der Waals surface area contributed by atoms with Gasteiger partial charge in [0, 0.05) is 42.6 Å². The molecule has 0 bridgehead atoms. The first-order chi connectivity index (χ1) is 13.7. The Bertz CT molecular complexity index is 796. The van der Waals surface area contributed by atoms with Crippen molar-refractivity contribution >= 4 is 24.9 Å². The minimum absolute atomic E-state index is 0.114. The summed E-state index contributed by atoms with van der Waals surface area (Å²) in [5.74, 6) is 1.68. The molecule has 2 aromatic rings. The highest BCUT2D eigenvalue weighted by molar-refractivity contribution is 7.56. The molecule has 1 aliphatic rings. The second-order valence-corrected chi connectivity index (χ2v) is 7.92. The third kappa shape index (κ3) is 4.86. The highest BCUT2D eigenvalue weighted by atomic mass is 31.1. The average molecular weight is 407 g/mol. The molecule has 0 amide bonds. The minimum atomic E-state index is -0.215. The van der Waals surface area contributed by atoms with Gasteiger partial charge in [0.1, 0.15) is 11.6 Å². The molecule has 7 heteroatoms. The van der Waals surface area contributed by atoms with E-state index in [1.165, 1.54) is 12.5 Å². The molecule has 2 aromatic carbocycles. The lowest BCUT2D eigenvalue weighted by molar-refractivity contribution is 0.0499. The van der Waals surface area contributed by atoms with Crippen molar-refractivity contribution in [1.29, 1.82) is 0 Å². The van der Waals surface area contributed by atoms with Gasteiger partial charge in [0.25, 0.3) is 0 Å². The highest BCUT2D eigenvalue weighted by Crippen LogP contribution is 2.35. The largest absolute Gasteiger partial charge is 0.497 e. The van der Waals surface area contributed by atoms with Gasteiger partial charge in [0.15, 0.2) is 18.3 Å². The van der Waals surface area contributed by atoms with Crippen LogP contribution in [-0.2, 0) is 4.74 Å². The Kier molecular flexibility index (Phi) is 7.35. The van der Waals surface area contributed by atoms with Crippen molar-refractivity contribution in [2.24, 2.45) is 0 Å². The smallest absolute Gasteiger partial charge is 0.188 e. The third-order valence-corrected chi connectivity index (χ3v) is 6.06. The van der Waals surface area contributed by atoms with E-state index < -0.39 is 0 Å². The molecule has 1 heterocycles. The number of halogens is 1. The Morgan fingerprint density at radius 3 is 2.43 bits per heavy atom. The number of nitrogens with zero attached hydrogens (tertiary/aromatic N) is 1. The van der Waals surface area contributed by atoms with E-state index in [1.54, 1.807) is 33.5 Å². The average Bonchev–Trinajstić information content (AvgIpc) is 2.74. The van der Waals surface area contributed by atoms with Crippen LogP contribution < -0.4 is 29.7 Å². The molecule has 0 saturated carbocycles. The van der Waals surface area contributed by atoms with Gasteiger partial charge in [0.05, 0.1) is 14.2 Å². The number of ether oxygens (including phenoxy) is 4. The van der Waals surface area contributed by atoms with E-state index in [1.807, 2.05) is 12.1 Å². The van der Waals surface area contributed by atoms with Gasteiger partial charge in [-0.05, 0) is 43.5 Å². The maximum atomic E-state index is 14.0. The van der Waals surface area contributed by atoms with Crippen LogP contribution in [-0.4, -0.2) is 41.2 Å². The Balaban J connectivity index is 2.00. The fourth-order valence-corrected chi connectivity index (χ4v) is 4.70. The summed E-state index contributed by atoms with van der Waals surface area (Å²) in [5.41, 5.74) is 0.956. The number of hydrogen-bond acceptors (Lipinski definition) is 5. The van der Waals surface area contributed by atoms with Crippen LogP contribution in [0.15, 0.2) is 30.3 Å². The molecule has 1 unspecified atom stereocenters. The van der Waals surface area contributed by atoms with Crippen LogP contribution in [0.4, 0.5) is 10.1 Å². The van der Waals surface area contributed by atoms with Gasteiger partial charge in [0.2, 0.25) is 0 Å². The lowest BCUT2D eigenvalue weighted by Crippen LogP contribution is -2.32. The molecule has 0 aromatic heterocycles. The fraction of sp³-hybridized carbons (Fsp3) is 0.429. The van der Waals surface area contributed by atoms with E-state index in [4.69, 9.17) is 18.9 Å². The summed E-state index contributed by atoms with van der Waals surface area (Å²) in [6.07, 6.45) is 3.49. The number of methoxy groups -OCH3 is 3. The summed E-state index contributed by atoms with van der Waals surface area (Å²) in [7, 11) is 5.05. The van der Waals surface area contributed by atoms with Crippen LogP contribution >= 0.6 is 8.58 Å². The van der Waals surface area contributed by atoms with E-state index in [2.05, 4.69) is 4.90 Å². The van der Waals surface area contributed by atoms with Crippen molar-refractivity contribution in [3.63, 3.8) is 0 Å². The molecule has 5 nitrogen and oxygen atoms in total. The van der Waals surface area contributed by atoms with Crippen molar-refractivity contribution in [1.82, 2.24) is 0 Å². The first-order valence-electron chi connectivity index (χ1n) is 9.35. The van der Waals surface area contributed by atoms with E-state index >= 15 is 0 Å². The van der Waals surface area contributed by atoms with Gasteiger partial charge in [-0.1, -0.05) is 8.58 Å². The second-order valence-electron chi connectivity index (χ2n) is 6.59. The van der Waals surface area contributed by atoms with Gasteiger partial charge >= 0.3 is 0 Å². The van der Waals surface area contributed by atoms with Gasteiger partial charge < -0.3 is 23.8 Å². The van der Waals surface area contributed by atoms with Crippen LogP contribution in [0.3, 0.4) is 0 Å². The van der Waals surface area contributed by atoms with Gasteiger partial charge in [-0.25, -0.2) is 4.39 Å². The number of anilines is 1. The van der Waals surface area contributed by atoms with E-state index in [-0.39, 0.29) is 21.2 Å². The summed E-state index contributed by atoms with van der Waals surface area (Å²) in [5, 5.41) is 2.00. The summed E-state index contributed by atoms with van der Waals surface area (Å²) >= 11 is 0. The van der Waals surface area contributed by atoms with Crippen molar-refractivity contribution < 1.29 is 23.3 Å². The zero-order chi connectivity index (χ0) is 19.9. The first kappa shape index (κ1) is 20.7. The number of hydrogen-bond donors (Lipinski definition) is 0. The SMILES string of the molecule is COCOc1c(OC)cc(OC)cc1Pc1ccc(F)cc1N1CCCCC1. The monoisotopic (exact) mass is 407 g/mol. The normalized spacial score (nSPS) is 14.5. The van der Waals surface area contributed by atoms with Crippen molar-refractivity contribution in [2.75, 3.05) is 46.1 Å². The number of benzene rings is 2. The molecule has 28 heavy (non-hydrogen) atoms. The predicted molar refractivity (Wildman–Crippen MR) is 112 cm³/mol. The molecule has 3 rings (SSSR count). The summed E-state index contributed by atoms with van der Waals surface area (Å²) in [6.45, 7) is 2.02. The quantitative estimate of drug-likeness (QED) is 0.495. The molecule has 0 radical (unpaired) electrons. The Labute approximate surface area is 167 Å². The standard InChI is InChI=1S/C21H27FNO4P/c1-24-14-27-21-18(26-3)12-16(25-2)13-20(21)28-19-8-7-15(22)11-17(19)23-9-5-4-6-10-23/h7-8,11-13,28H,4-6,9-10,14H2,1-3H3. The van der Waals surface area contributed by atoms with Gasteiger partial charge in [-0.2, -0.15) is 0 Å². The van der Waals surface area contributed by atoms with Crippen LogP contribution in [0.1, 0.15) is 19.3 Å². The van der Waals surface area contributed by atoms with Crippen LogP contribution in [0, 0.1) is 5.82 Å². The maximum Gasteiger partial charge on any atom is 0.188 e. The Morgan fingerprint density at radius 2 is 1.75 bits per heavy atom. The van der Waals surface area contributed by atoms with Crippen molar-refractivity contribution in [3.8, 4) is 17.2 Å². The fourth-order valence-electron chi connectivity index (χ4n) is 3.36. The molecule has 152 valence electrons. The zero-order valence-electron chi connectivity index (χ0n) is 16.6. The molecule has 0 spiro atoms. The number of rotatable bonds is 8. The minimum Gasteiger partial charge on any atom is -0.497 e. The van der Waals surface area contributed by atoms with E-state index in [9.17, 15) is 4.39 Å². The summed E-state index contributed by atoms with van der Waals surface area (Å²) in [4.78, 5) is 2.28. The topological polar surface area (TPSA) is 40.2 Å². The molecule has 1 fully saturated rings. The third-order valence-electron chi connectivity index (χ3n) is 4.73. The van der Waals surface area contributed by atoms with E-state index in [0.29, 0.717) is 17.2 Å². The molecular weight excluding hydrogens is 380 g/mol.